The number of rotatable bonds is 4. The quantitative estimate of drug-likeness (QED) is 0.921. The van der Waals surface area contributed by atoms with Crippen molar-refractivity contribution in [1.29, 1.82) is 0 Å². The third-order valence-electron chi connectivity index (χ3n) is 2.86. The summed E-state index contributed by atoms with van der Waals surface area (Å²) in [4.78, 5) is 4.49. The van der Waals surface area contributed by atoms with Gasteiger partial charge in [-0.15, -0.1) is 11.3 Å². The number of nitrogens with two attached hydrogens (primary N) is 1. The molecule has 0 saturated carbocycles. The van der Waals surface area contributed by atoms with Gasteiger partial charge < -0.3 is 10.5 Å². The Morgan fingerprint density at radius 2 is 2.11 bits per heavy atom. The predicted molar refractivity (Wildman–Crippen MR) is 75.1 cm³/mol. The van der Waals surface area contributed by atoms with Gasteiger partial charge in [0.1, 0.15) is 10.8 Å². The number of aromatic nitrogens is 1. The van der Waals surface area contributed by atoms with Gasteiger partial charge in [-0.05, 0) is 25.5 Å². The molecule has 1 aromatic carbocycles. The average Bonchev–Trinajstić information content (AvgIpc) is 2.77. The maximum Gasteiger partial charge on any atom is 0.122 e. The van der Waals surface area contributed by atoms with E-state index in [9.17, 15) is 0 Å². The Kier molecular flexibility index (Phi) is 3.68. The van der Waals surface area contributed by atoms with Crippen molar-refractivity contribution >= 4 is 11.3 Å². The molecule has 0 aliphatic rings. The van der Waals surface area contributed by atoms with Crippen molar-refractivity contribution in [3.8, 4) is 5.75 Å². The molecule has 18 heavy (non-hydrogen) atoms. The largest absolute Gasteiger partial charge is 0.496 e. The smallest absolute Gasteiger partial charge is 0.122 e. The Balaban J connectivity index is 2.27. The number of methoxy groups -OCH3 is 1. The molecule has 2 N–H and O–H groups in total. The van der Waals surface area contributed by atoms with Gasteiger partial charge in [-0.25, -0.2) is 4.98 Å². The fourth-order valence-corrected chi connectivity index (χ4v) is 2.81. The van der Waals surface area contributed by atoms with E-state index in [1.165, 1.54) is 0 Å². The van der Waals surface area contributed by atoms with Gasteiger partial charge in [0.15, 0.2) is 0 Å². The van der Waals surface area contributed by atoms with Gasteiger partial charge in [0, 0.05) is 17.5 Å². The molecule has 1 unspecified atom stereocenters. The third kappa shape index (κ3) is 2.71. The molecule has 96 valence electrons. The molecule has 0 aliphatic carbocycles. The summed E-state index contributed by atoms with van der Waals surface area (Å²) < 4.78 is 5.36. The molecule has 3 nitrogen and oxygen atoms in total. The van der Waals surface area contributed by atoms with Crippen LogP contribution in [0.4, 0.5) is 0 Å². The summed E-state index contributed by atoms with van der Waals surface area (Å²) in [5.41, 5.74) is 8.06. The number of ether oxygens (including phenoxy) is 1. The molecule has 1 atom stereocenters. The Bertz CT molecular complexity index is 534. The van der Waals surface area contributed by atoms with Gasteiger partial charge in [-0.2, -0.15) is 0 Å². The van der Waals surface area contributed by atoms with Gasteiger partial charge in [-0.1, -0.05) is 18.2 Å². The van der Waals surface area contributed by atoms with E-state index in [4.69, 9.17) is 10.5 Å². The third-order valence-corrected chi connectivity index (χ3v) is 4.10. The van der Waals surface area contributed by atoms with E-state index in [2.05, 4.69) is 4.98 Å². The number of hydrogen-bond donors (Lipinski definition) is 1. The monoisotopic (exact) mass is 262 g/mol. The van der Waals surface area contributed by atoms with Crippen LogP contribution in [0, 0.1) is 6.92 Å². The van der Waals surface area contributed by atoms with E-state index < -0.39 is 5.54 Å². The number of nitrogens with zero attached hydrogens (tertiary/aromatic N) is 1. The molecule has 2 rings (SSSR count). The number of benzene rings is 1. The molecule has 0 aliphatic heterocycles. The van der Waals surface area contributed by atoms with E-state index in [1.807, 2.05) is 43.5 Å². The first-order valence-corrected chi connectivity index (χ1v) is 6.74. The van der Waals surface area contributed by atoms with Crippen LogP contribution in [-0.2, 0) is 12.0 Å². The lowest BCUT2D eigenvalue weighted by Gasteiger charge is -2.23. The molecule has 0 fully saturated rings. The van der Waals surface area contributed by atoms with Gasteiger partial charge >= 0.3 is 0 Å². The molecule has 2 aromatic rings. The topological polar surface area (TPSA) is 48.1 Å². The molecule has 1 heterocycles. The molecule has 0 amide bonds. The SMILES string of the molecule is COc1ccccc1CC(C)(N)c1nc(C)cs1. The van der Waals surface area contributed by atoms with Gasteiger partial charge in [0.05, 0.1) is 12.6 Å². The highest BCUT2D eigenvalue weighted by Crippen LogP contribution is 2.29. The van der Waals surface area contributed by atoms with E-state index in [1.54, 1.807) is 18.4 Å². The lowest BCUT2D eigenvalue weighted by Crippen LogP contribution is -2.35. The van der Waals surface area contributed by atoms with Crippen molar-refractivity contribution in [1.82, 2.24) is 4.98 Å². The highest BCUT2D eigenvalue weighted by Gasteiger charge is 2.26. The van der Waals surface area contributed by atoms with Crippen molar-refractivity contribution in [2.24, 2.45) is 5.73 Å². The minimum Gasteiger partial charge on any atom is -0.496 e. The van der Waals surface area contributed by atoms with Crippen LogP contribution >= 0.6 is 11.3 Å². The normalized spacial score (nSPS) is 14.2. The number of para-hydroxylation sites is 1. The second-order valence-corrected chi connectivity index (χ2v) is 5.56. The Hall–Kier alpha value is -1.39. The zero-order valence-electron chi connectivity index (χ0n) is 10.9. The van der Waals surface area contributed by atoms with Crippen LogP contribution in [0.25, 0.3) is 0 Å². The average molecular weight is 262 g/mol. The van der Waals surface area contributed by atoms with Crippen LogP contribution in [-0.4, -0.2) is 12.1 Å². The summed E-state index contributed by atoms with van der Waals surface area (Å²) >= 11 is 1.61. The van der Waals surface area contributed by atoms with Crippen molar-refractivity contribution in [2.75, 3.05) is 7.11 Å². The second kappa shape index (κ2) is 5.08. The number of thiazole rings is 1. The number of hydrogen-bond acceptors (Lipinski definition) is 4. The van der Waals surface area contributed by atoms with E-state index in [-0.39, 0.29) is 0 Å². The highest BCUT2D eigenvalue weighted by molar-refractivity contribution is 7.09. The first-order valence-electron chi connectivity index (χ1n) is 5.86. The molecule has 1 aromatic heterocycles. The summed E-state index contributed by atoms with van der Waals surface area (Å²) in [6.45, 7) is 4.00. The van der Waals surface area contributed by atoms with Crippen LogP contribution in [0.3, 0.4) is 0 Å². The van der Waals surface area contributed by atoms with Crippen molar-refractivity contribution in [3.05, 3.63) is 45.9 Å². The summed E-state index contributed by atoms with van der Waals surface area (Å²) in [5.74, 6) is 0.877. The fraction of sp³-hybridized carbons (Fsp3) is 0.357. The standard InChI is InChI=1S/C14H18N2OS/c1-10-9-18-13(16-10)14(2,15)8-11-6-4-5-7-12(11)17-3/h4-7,9H,8,15H2,1-3H3. The Morgan fingerprint density at radius 1 is 1.39 bits per heavy atom. The highest BCUT2D eigenvalue weighted by atomic mass is 32.1. The minimum atomic E-state index is -0.465. The van der Waals surface area contributed by atoms with Gasteiger partial charge in [0.25, 0.3) is 0 Å². The zero-order valence-corrected chi connectivity index (χ0v) is 11.8. The Morgan fingerprint density at radius 3 is 2.72 bits per heavy atom. The van der Waals surface area contributed by atoms with E-state index >= 15 is 0 Å². The molecule has 0 radical (unpaired) electrons. The maximum absolute atomic E-state index is 6.40. The van der Waals surface area contributed by atoms with Crippen LogP contribution < -0.4 is 10.5 Å². The second-order valence-electron chi connectivity index (χ2n) is 4.70. The van der Waals surface area contributed by atoms with E-state index in [0.717, 1.165) is 22.0 Å². The van der Waals surface area contributed by atoms with Crippen molar-refractivity contribution in [2.45, 2.75) is 25.8 Å². The van der Waals surface area contributed by atoms with Crippen LogP contribution in [0.2, 0.25) is 0 Å². The minimum absolute atomic E-state index is 0.465. The molecular weight excluding hydrogens is 244 g/mol. The first-order chi connectivity index (χ1) is 8.53. The van der Waals surface area contributed by atoms with Gasteiger partial charge in [-0.3, -0.25) is 0 Å². The Labute approximate surface area is 112 Å². The van der Waals surface area contributed by atoms with Crippen molar-refractivity contribution < 1.29 is 4.74 Å². The molecule has 0 saturated heterocycles. The summed E-state index contributed by atoms with van der Waals surface area (Å²) in [7, 11) is 1.68. The van der Waals surface area contributed by atoms with E-state index in [0.29, 0.717) is 6.42 Å². The first kappa shape index (κ1) is 13.1. The predicted octanol–water partition coefficient (Wildman–Crippen LogP) is 2.88. The molecule has 0 bridgehead atoms. The van der Waals surface area contributed by atoms with Crippen LogP contribution in [0.5, 0.6) is 5.75 Å². The zero-order chi connectivity index (χ0) is 13.2. The summed E-state index contributed by atoms with van der Waals surface area (Å²) in [6, 6.07) is 7.97. The lowest BCUT2D eigenvalue weighted by molar-refractivity contribution is 0.399. The van der Waals surface area contributed by atoms with Gasteiger partial charge in [0.2, 0.25) is 0 Å². The molecular formula is C14H18N2OS. The fourth-order valence-electron chi connectivity index (χ4n) is 1.94. The molecule has 4 heteroatoms. The van der Waals surface area contributed by atoms with Crippen LogP contribution in [0.1, 0.15) is 23.2 Å². The number of aryl methyl sites for hydroxylation is 1. The summed E-state index contributed by atoms with van der Waals surface area (Å²) in [6.07, 6.45) is 0.712. The summed E-state index contributed by atoms with van der Waals surface area (Å²) in [5, 5.41) is 2.99. The molecule has 0 spiro atoms. The maximum atomic E-state index is 6.40. The van der Waals surface area contributed by atoms with Crippen LogP contribution in [0.15, 0.2) is 29.6 Å². The van der Waals surface area contributed by atoms with Crippen molar-refractivity contribution in [3.63, 3.8) is 0 Å². The lowest BCUT2D eigenvalue weighted by atomic mass is 9.94.